The minimum absolute atomic E-state index is 0.0439. The first-order valence-corrected chi connectivity index (χ1v) is 8.09. The monoisotopic (exact) mass is 320 g/mol. The molecule has 0 saturated carbocycles. The van der Waals surface area contributed by atoms with E-state index in [9.17, 15) is 9.18 Å². The lowest BCUT2D eigenvalue weighted by atomic mass is 9.73. The molecule has 2 heterocycles. The van der Waals surface area contributed by atoms with Crippen LogP contribution >= 0.6 is 11.3 Å². The summed E-state index contributed by atoms with van der Waals surface area (Å²) in [6.07, 6.45) is 2.92. The molecule has 6 heteroatoms. The highest BCUT2D eigenvalue weighted by Crippen LogP contribution is 2.35. The lowest BCUT2D eigenvalue weighted by molar-refractivity contribution is -0.130. The van der Waals surface area contributed by atoms with Gasteiger partial charge >= 0.3 is 0 Å². The Kier molecular flexibility index (Phi) is 4.49. The molecular formula is C16H17FN2O2S. The van der Waals surface area contributed by atoms with Crippen LogP contribution < -0.4 is 5.32 Å². The summed E-state index contributed by atoms with van der Waals surface area (Å²) in [6.45, 7) is 1.48. The van der Waals surface area contributed by atoms with E-state index in [4.69, 9.17) is 4.74 Å². The number of halogens is 1. The van der Waals surface area contributed by atoms with E-state index in [0.717, 1.165) is 10.6 Å². The fourth-order valence-corrected chi connectivity index (χ4v) is 3.36. The number of hydrogen-bond acceptors (Lipinski definition) is 4. The highest BCUT2D eigenvalue weighted by atomic mass is 32.1. The molecule has 1 amide bonds. The van der Waals surface area contributed by atoms with Crippen molar-refractivity contribution in [3.8, 4) is 0 Å². The molecule has 0 unspecified atom stereocenters. The maximum Gasteiger partial charge on any atom is 0.231 e. The van der Waals surface area contributed by atoms with E-state index in [1.54, 1.807) is 18.3 Å². The van der Waals surface area contributed by atoms with Crippen molar-refractivity contribution in [2.75, 3.05) is 13.2 Å². The van der Waals surface area contributed by atoms with Gasteiger partial charge in [-0.2, -0.15) is 0 Å². The number of ether oxygens (including phenoxy) is 1. The average Bonchev–Trinajstić information content (AvgIpc) is 3.07. The summed E-state index contributed by atoms with van der Waals surface area (Å²) >= 11 is 1.51. The Morgan fingerprint density at radius 3 is 2.68 bits per heavy atom. The van der Waals surface area contributed by atoms with Crippen molar-refractivity contribution in [2.24, 2.45) is 0 Å². The first kappa shape index (κ1) is 15.1. The van der Waals surface area contributed by atoms with Gasteiger partial charge in [-0.1, -0.05) is 12.1 Å². The fraction of sp³-hybridized carbons (Fsp3) is 0.375. The van der Waals surface area contributed by atoms with Crippen molar-refractivity contribution < 1.29 is 13.9 Å². The van der Waals surface area contributed by atoms with Gasteiger partial charge in [0.1, 0.15) is 10.8 Å². The smallest absolute Gasteiger partial charge is 0.231 e. The van der Waals surface area contributed by atoms with Gasteiger partial charge in [-0.05, 0) is 30.5 Å². The minimum Gasteiger partial charge on any atom is -0.381 e. The number of carbonyl (C=O) groups is 1. The number of benzene rings is 1. The van der Waals surface area contributed by atoms with Gasteiger partial charge in [0, 0.05) is 24.8 Å². The van der Waals surface area contributed by atoms with Crippen molar-refractivity contribution in [1.82, 2.24) is 10.3 Å². The summed E-state index contributed by atoms with van der Waals surface area (Å²) in [4.78, 5) is 17.0. The molecule has 1 aromatic carbocycles. The summed E-state index contributed by atoms with van der Waals surface area (Å²) in [5, 5.41) is 5.72. The normalized spacial score (nSPS) is 17.1. The van der Waals surface area contributed by atoms with Gasteiger partial charge in [0.2, 0.25) is 5.91 Å². The van der Waals surface area contributed by atoms with Crippen LogP contribution in [0.4, 0.5) is 4.39 Å². The summed E-state index contributed by atoms with van der Waals surface area (Å²) in [6, 6.07) is 6.20. The van der Waals surface area contributed by atoms with Crippen LogP contribution in [0, 0.1) is 5.82 Å². The number of hydrogen-bond donors (Lipinski definition) is 1. The van der Waals surface area contributed by atoms with E-state index in [-0.39, 0.29) is 11.7 Å². The maximum atomic E-state index is 13.2. The molecule has 1 aromatic heterocycles. The highest BCUT2D eigenvalue weighted by Gasteiger charge is 2.41. The topological polar surface area (TPSA) is 51.2 Å². The number of aromatic nitrogens is 1. The number of amides is 1. The van der Waals surface area contributed by atoms with Crippen molar-refractivity contribution in [3.05, 3.63) is 52.2 Å². The van der Waals surface area contributed by atoms with Crippen molar-refractivity contribution in [3.63, 3.8) is 0 Å². The third-order valence-electron chi connectivity index (χ3n) is 4.06. The Morgan fingerprint density at radius 2 is 2.05 bits per heavy atom. The van der Waals surface area contributed by atoms with Crippen LogP contribution in [0.3, 0.4) is 0 Å². The van der Waals surface area contributed by atoms with Crippen molar-refractivity contribution in [2.45, 2.75) is 24.8 Å². The molecular weight excluding hydrogens is 303 g/mol. The molecule has 3 rings (SSSR count). The molecule has 22 heavy (non-hydrogen) atoms. The van der Waals surface area contributed by atoms with Crippen LogP contribution in [0.2, 0.25) is 0 Å². The summed E-state index contributed by atoms with van der Waals surface area (Å²) in [5.41, 5.74) is 0.192. The maximum absolute atomic E-state index is 13.2. The van der Waals surface area contributed by atoms with E-state index >= 15 is 0 Å². The first-order valence-electron chi connectivity index (χ1n) is 7.21. The van der Waals surface area contributed by atoms with Crippen LogP contribution in [0.25, 0.3) is 0 Å². The fourth-order valence-electron chi connectivity index (χ4n) is 2.80. The third-order valence-corrected chi connectivity index (χ3v) is 4.84. The number of nitrogens with one attached hydrogen (secondary N) is 1. The second-order valence-electron chi connectivity index (χ2n) is 5.31. The van der Waals surface area contributed by atoms with Crippen LogP contribution in [-0.2, 0) is 21.5 Å². The van der Waals surface area contributed by atoms with Gasteiger partial charge < -0.3 is 10.1 Å². The summed E-state index contributed by atoms with van der Waals surface area (Å²) in [7, 11) is 0. The standard InChI is InChI=1S/C16H17FN2O2S/c17-13-3-1-12(2-4-13)16(5-8-21-9-6-16)15(20)19-11-14-18-7-10-22-14/h1-4,7,10H,5-6,8-9,11H2,(H,19,20). The Hall–Kier alpha value is -1.79. The van der Waals surface area contributed by atoms with Crippen molar-refractivity contribution >= 4 is 17.2 Å². The largest absolute Gasteiger partial charge is 0.381 e. The van der Waals surface area contributed by atoms with Crippen molar-refractivity contribution in [1.29, 1.82) is 0 Å². The number of thiazole rings is 1. The number of nitrogens with zero attached hydrogens (tertiary/aromatic N) is 1. The molecule has 0 atom stereocenters. The van der Waals surface area contributed by atoms with Gasteiger partial charge in [0.25, 0.3) is 0 Å². The second-order valence-corrected chi connectivity index (χ2v) is 6.29. The zero-order chi connectivity index (χ0) is 15.4. The molecule has 2 aromatic rings. The second kappa shape index (κ2) is 6.54. The number of carbonyl (C=O) groups excluding carboxylic acids is 1. The van der Waals surface area contributed by atoms with E-state index in [2.05, 4.69) is 10.3 Å². The molecule has 1 aliphatic rings. The van der Waals surface area contributed by atoms with Crippen LogP contribution in [0.15, 0.2) is 35.8 Å². The Morgan fingerprint density at radius 1 is 1.32 bits per heavy atom. The number of rotatable bonds is 4. The molecule has 4 nitrogen and oxygen atoms in total. The van der Waals surface area contributed by atoms with Crippen LogP contribution in [0.1, 0.15) is 23.4 Å². The third kappa shape index (κ3) is 3.03. The molecule has 0 spiro atoms. The zero-order valence-electron chi connectivity index (χ0n) is 12.0. The Labute approximate surface area is 132 Å². The molecule has 0 radical (unpaired) electrons. The Balaban J connectivity index is 1.81. The molecule has 1 fully saturated rings. The lowest BCUT2D eigenvalue weighted by Crippen LogP contribution is -2.47. The van der Waals surface area contributed by atoms with Gasteiger partial charge in [-0.3, -0.25) is 4.79 Å². The summed E-state index contributed by atoms with van der Waals surface area (Å²) in [5.74, 6) is -0.341. The quantitative estimate of drug-likeness (QED) is 0.942. The predicted molar refractivity (Wildman–Crippen MR) is 82.1 cm³/mol. The van der Waals surface area contributed by atoms with Crippen LogP contribution in [-0.4, -0.2) is 24.1 Å². The van der Waals surface area contributed by atoms with Gasteiger partial charge in [0.05, 0.1) is 12.0 Å². The molecule has 116 valence electrons. The predicted octanol–water partition coefficient (Wildman–Crippen LogP) is 2.65. The Bertz CT molecular complexity index is 622. The zero-order valence-corrected chi connectivity index (χ0v) is 12.9. The van der Waals surface area contributed by atoms with Gasteiger partial charge in [0.15, 0.2) is 0 Å². The van der Waals surface area contributed by atoms with Crippen LogP contribution in [0.5, 0.6) is 0 Å². The average molecular weight is 320 g/mol. The first-order chi connectivity index (χ1) is 10.7. The molecule has 1 N–H and O–H groups in total. The molecule has 0 aliphatic carbocycles. The minimum atomic E-state index is -0.650. The molecule has 1 aliphatic heterocycles. The SMILES string of the molecule is O=C(NCc1nccs1)C1(c2ccc(F)cc2)CCOCC1. The van der Waals surface area contributed by atoms with Gasteiger partial charge in [-0.15, -0.1) is 11.3 Å². The summed E-state index contributed by atoms with van der Waals surface area (Å²) < 4.78 is 18.6. The van der Waals surface area contributed by atoms with Gasteiger partial charge in [-0.25, -0.2) is 9.37 Å². The highest BCUT2D eigenvalue weighted by molar-refractivity contribution is 7.09. The lowest BCUT2D eigenvalue weighted by Gasteiger charge is -2.36. The molecule has 1 saturated heterocycles. The van der Waals surface area contributed by atoms with E-state index in [1.165, 1.54) is 23.5 Å². The van der Waals surface area contributed by atoms with E-state index < -0.39 is 5.41 Å². The van der Waals surface area contributed by atoms with E-state index in [1.807, 2.05) is 5.38 Å². The van der Waals surface area contributed by atoms with E-state index in [0.29, 0.717) is 32.6 Å². The molecule has 0 bridgehead atoms.